The average Bonchev–Trinajstić information content (AvgIpc) is 3.04. The van der Waals surface area contributed by atoms with Crippen LogP contribution in [0.5, 0.6) is 0 Å². The maximum atomic E-state index is 12.5. The van der Waals surface area contributed by atoms with E-state index in [0.29, 0.717) is 16.1 Å². The van der Waals surface area contributed by atoms with E-state index >= 15 is 0 Å². The average molecular weight is 417 g/mol. The van der Waals surface area contributed by atoms with Crippen LogP contribution < -0.4 is 5.32 Å². The van der Waals surface area contributed by atoms with Gasteiger partial charge in [-0.05, 0) is 37.1 Å². The second-order valence-corrected chi connectivity index (χ2v) is 9.21. The summed E-state index contributed by atoms with van der Waals surface area (Å²) >= 11 is 7.09. The molecule has 2 rings (SSSR count). The SMILES string of the molecule is CCC(CC)c1nnc(NC(=O)CN(C)S(=O)(=O)c2ccc(Cl)cc2)s1. The predicted molar refractivity (Wildman–Crippen MR) is 103 cm³/mol. The number of anilines is 1. The quantitative estimate of drug-likeness (QED) is 0.712. The molecule has 7 nitrogen and oxygen atoms in total. The zero-order chi connectivity index (χ0) is 19.3. The lowest BCUT2D eigenvalue weighted by molar-refractivity contribution is -0.116. The van der Waals surface area contributed by atoms with Crippen LogP contribution in [0.1, 0.15) is 37.6 Å². The fourth-order valence-electron chi connectivity index (χ4n) is 2.32. The second-order valence-electron chi connectivity index (χ2n) is 5.72. The Hall–Kier alpha value is -1.55. The van der Waals surface area contributed by atoms with Gasteiger partial charge in [0.1, 0.15) is 5.01 Å². The van der Waals surface area contributed by atoms with E-state index in [9.17, 15) is 13.2 Å². The van der Waals surface area contributed by atoms with Crippen molar-refractivity contribution < 1.29 is 13.2 Å². The molecular formula is C16H21ClN4O3S2. The minimum atomic E-state index is -3.78. The zero-order valence-electron chi connectivity index (χ0n) is 14.8. The summed E-state index contributed by atoms with van der Waals surface area (Å²) in [5.74, 6) is -0.164. The maximum absolute atomic E-state index is 12.5. The summed E-state index contributed by atoms with van der Waals surface area (Å²) in [4.78, 5) is 12.2. The molecule has 10 heteroatoms. The number of benzene rings is 1. The molecule has 0 saturated heterocycles. The molecular weight excluding hydrogens is 396 g/mol. The first-order valence-electron chi connectivity index (χ1n) is 8.13. The molecule has 26 heavy (non-hydrogen) atoms. The Morgan fingerprint density at radius 2 is 1.85 bits per heavy atom. The van der Waals surface area contributed by atoms with Gasteiger partial charge in [0.2, 0.25) is 21.1 Å². The molecule has 0 unspecified atom stereocenters. The van der Waals surface area contributed by atoms with E-state index in [1.165, 1.54) is 42.6 Å². The van der Waals surface area contributed by atoms with Gasteiger partial charge in [-0.25, -0.2) is 8.42 Å². The highest BCUT2D eigenvalue weighted by atomic mass is 35.5. The summed E-state index contributed by atoms with van der Waals surface area (Å²) in [5.41, 5.74) is 0. The normalized spacial score (nSPS) is 11.9. The van der Waals surface area contributed by atoms with Crippen LogP contribution in [0.25, 0.3) is 0 Å². The molecule has 1 aromatic carbocycles. The van der Waals surface area contributed by atoms with Crippen LogP contribution >= 0.6 is 22.9 Å². The summed E-state index contributed by atoms with van der Waals surface area (Å²) in [6.07, 6.45) is 1.89. The van der Waals surface area contributed by atoms with Crippen molar-refractivity contribution in [1.82, 2.24) is 14.5 Å². The number of rotatable bonds is 8. The van der Waals surface area contributed by atoms with Gasteiger partial charge in [-0.2, -0.15) is 4.31 Å². The molecule has 1 aromatic heterocycles. The third-order valence-corrected chi connectivity index (χ3v) is 6.98. The van der Waals surface area contributed by atoms with Gasteiger partial charge in [0, 0.05) is 18.0 Å². The number of aromatic nitrogens is 2. The van der Waals surface area contributed by atoms with Crippen LogP contribution in [0.2, 0.25) is 5.02 Å². The summed E-state index contributed by atoms with van der Waals surface area (Å²) in [7, 11) is -2.43. The molecule has 1 amide bonds. The third kappa shape index (κ3) is 5.00. The Labute approximate surface area is 162 Å². The van der Waals surface area contributed by atoms with Crippen LogP contribution in [0.4, 0.5) is 5.13 Å². The number of amides is 1. The molecule has 0 atom stereocenters. The number of carbonyl (C=O) groups excluding carboxylic acids is 1. The highest BCUT2D eigenvalue weighted by Crippen LogP contribution is 2.28. The first kappa shape index (κ1) is 20.8. The van der Waals surface area contributed by atoms with E-state index in [1.807, 2.05) is 0 Å². The summed E-state index contributed by atoms with van der Waals surface area (Å²) in [6.45, 7) is 3.82. The molecule has 0 radical (unpaired) electrons. The van der Waals surface area contributed by atoms with Crippen LogP contribution in [-0.4, -0.2) is 42.4 Å². The van der Waals surface area contributed by atoms with E-state index in [2.05, 4.69) is 29.4 Å². The Bertz CT molecular complexity index is 849. The number of halogens is 1. The van der Waals surface area contributed by atoms with Gasteiger partial charge >= 0.3 is 0 Å². The number of nitrogens with zero attached hydrogens (tertiary/aromatic N) is 3. The maximum Gasteiger partial charge on any atom is 0.243 e. The number of hydrogen-bond acceptors (Lipinski definition) is 6. The number of likely N-dealkylation sites (N-methyl/N-ethyl adjacent to an activating group) is 1. The molecule has 0 bridgehead atoms. The monoisotopic (exact) mass is 416 g/mol. The molecule has 0 fully saturated rings. The molecule has 0 aliphatic rings. The molecule has 2 aromatic rings. The van der Waals surface area contributed by atoms with Gasteiger partial charge in [0.25, 0.3) is 0 Å². The van der Waals surface area contributed by atoms with Crippen molar-refractivity contribution in [3.05, 3.63) is 34.3 Å². The van der Waals surface area contributed by atoms with Gasteiger partial charge < -0.3 is 0 Å². The van der Waals surface area contributed by atoms with E-state index in [1.54, 1.807) is 0 Å². The lowest BCUT2D eigenvalue weighted by Crippen LogP contribution is -2.34. The number of nitrogens with one attached hydrogen (secondary N) is 1. The second kappa shape index (κ2) is 8.90. The number of hydrogen-bond donors (Lipinski definition) is 1. The van der Waals surface area contributed by atoms with Crippen LogP contribution in [-0.2, 0) is 14.8 Å². The van der Waals surface area contributed by atoms with Crippen LogP contribution in [0.3, 0.4) is 0 Å². The third-order valence-electron chi connectivity index (χ3n) is 3.91. The van der Waals surface area contributed by atoms with Crippen molar-refractivity contribution in [2.75, 3.05) is 18.9 Å². The van der Waals surface area contributed by atoms with Crippen LogP contribution in [0.15, 0.2) is 29.2 Å². The molecule has 142 valence electrons. The van der Waals surface area contributed by atoms with Gasteiger partial charge in [-0.15, -0.1) is 10.2 Å². The highest BCUT2D eigenvalue weighted by Gasteiger charge is 2.23. The first-order valence-corrected chi connectivity index (χ1v) is 10.8. The summed E-state index contributed by atoms with van der Waals surface area (Å²) < 4.78 is 25.9. The van der Waals surface area contributed by atoms with E-state index in [-0.39, 0.29) is 11.4 Å². The fraction of sp³-hybridized carbons (Fsp3) is 0.438. The lowest BCUT2D eigenvalue weighted by Gasteiger charge is -2.16. The van der Waals surface area contributed by atoms with E-state index in [4.69, 9.17) is 11.6 Å². The highest BCUT2D eigenvalue weighted by molar-refractivity contribution is 7.89. The van der Waals surface area contributed by atoms with E-state index in [0.717, 1.165) is 22.2 Å². The lowest BCUT2D eigenvalue weighted by atomic mass is 10.1. The first-order chi connectivity index (χ1) is 12.3. The summed E-state index contributed by atoms with van der Waals surface area (Å²) in [6, 6.07) is 5.78. The zero-order valence-corrected chi connectivity index (χ0v) is 17.2. The molecule has 1 heterocycles. The summed E-state index contributed by atoms with van der Waals surface area (Å²) in [5, 5.41) is 12.4. The van der Waals surface area contributed by atoms with Gasteiger partial charge in [-0.1, -0.05) is 36.8 Å². The topological polar surface area (TPSA) is 92.3 Å². The Balaban J connectivity index is 2.02. The van der Waals surface area contributed by atoms with Gasteiger partial charge in [0.05, 0.1) is 11.4 Å². The fourth-order valence-corrected chi connectivity index (χ4v) is 4.60. The smallest absolute Gasteiger partial charge is 0.243 e. The van der Waals surface area contributed by atoms with Crippen LogP contribution in [0, 0.1) is 0 Å². The minimum Gasteiger partial charge on any atom is -0.299 e. The standard InChI is InChI=1S/C16H21ClN4O3S2/c1-4-11(5-2)15-19-20-16(25-15)18-14(22)10-21(3)26(23,24)13-8-6-12(17)7-9-13/h6-9,11H,4-5,10H2,1-3H3,(H,18,20,22). The predicted octanol–water partition coefficient (Wildman–Crippen LogP) is 3.35. The minimum absolute atomic E-state index is 0.0733. The van der Waals surface area contributed by atoms with Crippen molar-refractivity contribution in [3.8, 4) is 0 Å². The molecule has 1 N–H and O–H groups in total. The Morgan fingerprint density at radius 3 is 2.42 bits per heavy atom. The molecule has 0 saturated carbocycles. The van der Waals surface area contributed by atoms with Gasteiger partial charge in [-0.3, -0.25) is 10.1 Å². The van der Waals surface area contributed by atoms with Crippen molar-refractivity contribution in [2.45, 2.75) is 37.5 Å². The van der Waals surface area contributed by atoms with Crippen molar-refractivity contribution >= 4 is 44.0 Å². The van der Waals surface area contributed by atoms with Crippen molar-refractivity contribution in [3.63, 3.8) is 0 Å². The largest absolute Gasteiger partial charge is 0.299 e. The van der Waals surface area contributed by atoms with Crippen molar-refractivity contribution in [1.29, 1.82) is 0 Å². The van der Waals surface area contributed by atoms with Gasteiger partial charge in [0.15, 0.2) is 0 Å². The Morgan fingerprint density at radius 1 is 1.23 bits per heavy atom. The molecule has 0 spiro atoms. The van der Waals surface area contributed by atoms with Crippen molar-refractivity contribution in [2.24, 2.45) is 0 Å². The molecule has 0 aliphatic heterocycles. The Kier molecular flexibility index (Phi) is 7.10. The molecule has 0 aliphatic carbocycles. The van der Waals surface area contributed by atoms with E-state index < -0.39 is 15.9 Å². The number of sulfonamides is 1. The number of carbonyl (C=O) groups is 1.